The Balaban J connectivity index is 1.84. The maximum absolute atomic E-state index is 14.1. The molecule has 1 aliphatic rings. The highest BCUT2D eigenvalue weighted by Crippen LogP contribution is 2.36. The van der Waals surface area contributed by atoms with E-state index in [-0.39, 0.29) is 12.2 Å². The molecule has 0 saturated carbocycles. The first kappa shape index (κ1) is 28.6. The van der Waals surface area contributed by atoms with Gasteiger partial charge in [0, 0.05) is 14.7 Å². The number of nitrogens with zero attached hydrogens (tertiary/aromatic N) is 2. The maximum Gasteiger partial charge on any atom is 0.338 e. The molecule has 0 bridgehead atoms. The van der Waals surface area contributed by atoms with Crippen molar-refractivity contribution >= 4 is 74.3 Å². The van der Waals surface area contributed by atoms with Gasteiger partial charge in [0.25, 0.3) is 5.56 Å². The molecule has 1 atom stereocenters. The van der Waals surface area contributed by atoms with Crippen LogP contribution in [-0.4, -0.2) is 31.4 Å². The third-order valence-corrected chi connectivity index (χ3v) is 8.74. The molecule has 0 fully saturated rings. The lowest BCUT2D eigenvalue weighted by molar-refractivity contribution is -0.138. The second-order valence-corrected chi connectivity index (χ2v) is 12.1. The Hall–Kier alpha value is -2.97. The summed E-state index contributed by atoms with van der Waals surface area (Å²) < 4.78 is 20.6. The van der Waals surface area contributed by atoms with Gasteiger partial charge in [-0.05, 0) is 88.0 Å². The number of esters is 1. The summed E-state index contributed by atoms with van der Waals surface area (Å²) in [5.74, 6) is 0.839. The molecule has 0 spiro atoms. The van der Waals surface area contributed by atoms with E-state index in [1.54, 1.807) is 25.7 Å². The quantitative estimate of drug-likeness (QED) is 0.192. The molecule has 4 aromatic rings. The van der Waals surface area contributed by atoms with Crippen molar-refractivity contribution in [3.63, 3.8) is 0 Å². The van der Waals surface area contributed by atoms with Crippen molar-refractivity contribution in [1.29, 1.82) is 0 Å². The summed E-state index contributed by atoms with van der Waals surface area (Å²) in [6.07, 6.45) is 1.83. The third-order valence-electron chi connectivity index (χ3n) is 6.33. The van der Waals surface area contributed by atoms with Gasteiger partial charge in [-0.2, -0.15) is 0 Å². The molecule has 1 aromatic heterocycles. The zero-order valence-electron chi connectivity index (χ0n) is 21.8. The molecule has 3 aromatic carbocycles. The van der Waals surface area contributed by atoms with Gasteiger partial charge in [-0.15, -0.1) is 0 Å². The van der Waals surface area contributed by atoms with Gasteiger partial charge >= 0.3 is 5.97 Å². The van der Waals surface area contributed by atoms with Crippen LogP contribution in [-0.2, 0) is 9.53 Å². The number of carbonyl (C=O) groups excluding carboxylic acids is 1. The molecule has 204 valence electrons. The van der Waals surface area contributed by atoms with E-state index in [9.17, 15) is 9.59 Å². The minimum absolute atomic E-state index is 0.190. The van der Waals surface area contributed by atoms with Gasteiger partial charge in [0.2, 0.25) is 0 Å². The first-order chi connectivity index (χ1) is 19.4. The zero-order valence-corrected chi connectivity index (χ0v) is 26.9. The van der Waals surface area contributed by atoms with E-state index in [4.69, 9.17) is 19.2 Å². The Labute approximate surface area is 262 Å². The van der Waals surface area contributed by atoms with Gasteiger partial charge < -0.3 is 14.2 Å². The van der Waals surface area contributed by atoms with Crippen LogP contribution in [0.25, 0.3) is 11.8 Å². The number of carbonyl (C=O) groups is 1. The summed E-state index contributed by atoms with van der Waals surface area (Å²) >= 11 is 5.75. The van der Waals surface area contributed by atoms with Gasteiger partial charge in [0.15, 0.2) is 4.80 Å². The van der Waals surface area contributed by atoms with E-state index in [0.717, 1.165) is 23.8 Å². The van der Waals surface area contributed by atoms with Crippen LogP contribution in [0.5, 0.6) is 11.5 Å². The lowest BCUT2D eigenvalue weighted by Gasteiger charge is -2.26. The molecule has 5 rings (SSSR count). The molecule has 2 heterocycles. The molecule has 0 radical (unpaired) electrons. The smallest absolute Gasteiger partial charge is 0.338 e. The van der Waals surface area contributed by atoms with E-state index in [2.05, 4.69) is 45.2 Å². The Bertz CT molecular complexity index is 1790. The van der Waals surface area contributed by atoms with Crippen LogP contribution in [0, 0.1) is 7.14 Å². The minimum Gasteiger partial charge on any atom is -0.497 e. The summed E-state index contributed by atoms with van der Waals surface area (Å²) in [7, 11) is 3.21. The number of aromatic nitrogens is 1. The van der Waals surface area contributed by atoms with Gasteiger partial charge in [-0.3, -0.25) is 9.36 Å². The number of rotatable bonds is 7. The predicted molar refractivity (Wildman–Crippen MR) is 172 cm³/mol. The molecule has 40 heavy (non-hydrogen) atoms. The Morgan fingerprint density at radius 2 is 1.77 bits per heavy atom. The summed E-state index contributed by atoms with van der Waals surface area (Å²) in [5, 5.41) is 0. The summed E-state index contributed by atoms with van der Waals surface area (Å²) in [4.78, 5) is 33.0. The van der Waals surface area contributed by atoms with Crippen molar-refractivity contribution in [1.82, 2.24) is 4.57 Å². The van der Waals surface area contributed by atoms with E-state index in [0.29, 0.717) is 32.1 Å². The van der Waals surface area contributed by atoms with Gasteiger partial charge in [-0.25, -0.2) is 9.79 Å². The molecule has 7 nitrogen and oxygen atoms in total. The number of methoxy groups -OCH3 is 2. The monoisotopic (exact) mass is 778 g/mol. The highest BCUT2D eigenvalue weighted by molar-refractivity contribution is 14.1. The molecular formula is C30H24I2N2O5S. The number of benzene rings is 3. The molecule has 0 aliphatic carbocycles. The lowest BCUT2D eigenvalue weighted by atomic mass is 9.93. The number of halogens is 2. The van der Waals surface area contributed by atoms with Crippen LogP contribution in [0.4, 0.5) is 0 Å². The molecule has 0 unspecified atom stereocenters. The molecule has 0 amide bonds. The van der Waals surface area contributed by atoms with Crippen LogP contribution >= 0.6 is 56.5 Å². The summed E-state index contributed by atoms with van der Waals surface area (Å²) in [5.41, 5.74) is 2.82. The van der Waals surface area contributed by atoms with Crippen molar-refractivity contribution in [2.45, 2.75) is 13.0 Å². The van der Waals surface area contributed by atoms with E-state index < -0.39 is 12.0 Å². The first-order valence-corrected chi connectivity index (χ1v) is 15.3. The Kier molecular flexibility index (Phi) is 8.76. The zero-order chi connectivity index (χ0) is 28.4. The summed E-state index contributed by atoms with van der Waals surface area (Å²) in [6, 6.07) is 20.1. The fraction of sp³-hybridized carbons (Fsp3) is 0.167. The Morgan fingerprint density at radius 3 is 2.42 bits per heavy atom. The highest BCUT2D eigenvalue weighted by Gasteiger charge is 2.35. The standard InChI is InChI=1S/C30H24I2N2O5S/c1-4-39-29(36)24-25(17-8-6-5-7-9-17)33-30-34(26(24)18-10-12-21(37-2)13-11-18)28(35)23(40-30)15-19-14-20(31)16-22(32)27(19)38-3/h5-16,26H,4H2,1-3H3/b23-15-/t26-/m0/s1. The Morgan fingerprint density at radius 1 is 1.05 bits per heavy atom. The van der Waals surface area contributed by atoms with Crippen LogP contribution in [0.2, 0.25) is 0 Å². The van der Waals surface area contributed by atoms with Crippen LogP contribution in [0.15, 0.2) is 82.1 Å². The van der Waals surface area contributed by atoms with E-state index in [1.165, 1.54) is 11.3 Å². The fourth-order valence-corrected chi connectivity index (χ4v) is 7.69. The number of hydrogen-bond acceptors (Lipinski definition) is 7. The number of fused-ring (bicyclic) bond motifs is 1. The molecular weight excluding hydrogens is 754 g/mol. The largest absolute Gasteiger partial charge is 0.497 e. The number of ether oxygens (including phenoxy) is 3. The van der Waals surface area contributed by atoms with Crippen molar-refractivity contribution < 1.29 is 19.0 Å². The van der Waals surface area contributed by atoms with Crippen molar-refractivity contribution in [3.05, 3.63) is 116 Å². The highest BCUT2D eigenvalue weighted by atomic mass is 127. The first-order valence-electron chi connectivity index (χ1n) is 12.3. The van der Waals surface area contributed by atoms with Crippen LogP contribution < -0.4 is 24.4 Å². The molecule has 1 aliphatic heterocycles. The SMILES string of the molecule is CCOC(=O)C1=C(c2ccccc2)N=c2s/c(=C\c3cc(I)cc(I)c3OC)c(=O)n2[C@H]1c1ccc(OC)cc1. The fourth-order valence-electron chi connectivity index (χ4n) is 4.59. The molecule has 0 saturated heterocycles. The van der Waals surface area contributed by atoms with Crippen LogP contribution in [0.3, 0.4) is 0 Å². The topological polar surface area (TPSA) is 79.1 Å². The van der Waals surface area contributed by atoms with Crippen molar-refractivity contribution in [2.24, 2.45) is 4.99 Å². The lowest BCUT2D eigenvalue weighted by Crippen LogP contribution is -2.40. The third kappa shape index (κ3) is 5.48. The summed E-state index contributed by atoms with van der Waals surface area (Å²) in [6.45, 7) is 1.95. The predicted octanol–water partition coefficient (Wildman–Crippen LogP) is 5.16. The molecule has 10 heteroatoms. The van der Waals surface area contributed by atoms with Crippen molar-refractivity contribution in [3.8, 4) is 11.5 Å². The molecule has 0 N–H and O–H groups in total. The maximum atomic E-state index is 14.1. The minimum atomic E-state index is -0.753. The van der Waals surface area contributed by atoms with E-state index in [1.807, 2.05) is 72.8 Å². The van der Waals surface area contributed by atoms with Gasteiger partial charge in [0.05, 0.1) is 46.2 Å². The van der Waals surface area contributed by atoms with Crippen LogP contribution in [0.1, 0.15) is 29.7 Å². The van der Waals surface area contributed by atoms with E-state index >= 15 is 0 Å². The second-order valence-electron chi connectivity index (χ2n) is 8.71. The number of hydrogen-bond donors (Lipinski definition) is 0. The average Bonchev–Trinajstić information content (AvgIpc) is 3.27. The second kappa shape index (κ2) is 12.3. The van der Waals surface area contributed by atoms with Gasteiger partial charge in [0.1, 0.15) is 11.5 Å². The normalized spacial score (nSPS) is 14.9. The average molecular weight is 778 g/mol. The van der Waals surface area contributed by atoms with Gasteiger partial charge in [-0.1, -0.05) is 53.8 Å². The van der Waals surface area contributed by atoms with Crippen molar-refractivity contribution in [2.75, 3.05) is 20.8 Å². The number of thiazole rings is 1.